The third-order valence-corrected chi connectivity index (χ3v) is 11.0. The number of benzene rings is 3. The summed E-state index contributed by atoms with van der Waals surface area (Å²) in [6, 6.07) is 13.9. The molecule has 5 aliphatic rings. The van der Waals surface area contributed by atoms with Gasteiger partial charge in [-0.1, -0.05) is 41.4 Å². The molecule has 1 N–H and O–H groups in total. The van der Waals surface area contributed by atoms with E-state index in [2.05, 4.69) is 15.9 Å². The number of nitrogens with zero attached hydrogens (tertiary/aromatic N) is 4. The molecule has 2 bridgehead atoms. The number of carboxylic acids is 1. The van der Waals surface area contributed by atoms with Gasteiger partial charge in [-0.25, -0.2) is 9.18 Å². The number of anilines is 2. The molecule has 242 valence electrons. The van der Waals surface area contributed by atoms with Gasteiger partial charge in [-0.15, -0.1) is 0 Å². The van der Waals surface area contributed by atoms with Gasteiger partial charge in [-0.3, -0.25) is 4.79 Å². The Morgan fingerprint density at radius 3 is 2.38 bits per heavy atom. The van der Waals surface area contributed by atoms with Crippen LogP contribution in [0.4, 0.5) is 15.8 Å². The molecule has 8 rings (SSSR count). The van der Waals surface area contributed by atoms with Gasteiger partial charge in [-0.05, 0) is 49.9 Å². The lowest BCUT2D eigenvalue weighted by molar-refractivity contribution is 0.0510. The van der Waals surface area contributed by atoms with Gasteiger partial charge < -0.3 is 29.3 Å². The van der Waals surface area contributed by atoms with Crippen LogP contribution in [0.5, 0.6) is 5.75 Å². The average Bonchev–Trinajstić information content (AvgIpc) is 3.25. The van der Waals surface area contributed by atoms with Crippen molar-refractivity contribution < 1.29 is 28.6 Å². The molecule has 12 heteroatoms. The van der Waals surface area contributed by atoms with E-state index in [1.54, 1.807) is 30.3 Å². The molecule has 1 spiro atoms. The highest BCUT2D eigenvalue weighted by atomic mass is 35.5. The number of ether oxygens (including phenoxy) is 2. The number of morpholine rings is 1. The van der Waals surface area contributed by atoms with Crippen molar-refractivity contribution in [1.29, 1.82) is 5.26 Å². The zero-order chi connectivity index (χ0) is 32.6. The Balaban J connectivity index is 1.05. The Hall–Kier alpha value is -4.04. The van der Waals surface area contributed by atoms with Crippen molar-refractivity contribution in [2.75, 3.05) is 42.8 Å². The third-order valence-electron chi connectivity index (χ3n) is 10.4. The first kappa shape index (κ1) is 30.3. The van der Waals surface area contributed by atoms with Crippen LogP contribution in [0, 0.1) is 28.5 Å². The quantitative estimate of drug-likeness (QED) is 0.322. The van der Waals surface area contributed by atoms with Crippen LogP contribution in [0.2, 0.25) is 10.0 Å². The van der Waals surface area contributed by atoms with Crippen molar-refractivity contribution in [3.05, 3.63) is 75.0 Å². The Kier molecular flexibility index (Phi) is 7.28. The number of fused-ring (bicyclic) bond motifs is 3. The fourth-order valence-corrected chi connectivity index (χ4v) is 8.81. The predicted octanol–water partition coefficient (Wildman–Crippen LogP) is 6.60. The summed E-state index contributed by atoms with van der Waals surface area (Å²) < 4.78 is 27.5. The smallest absolute Gasteiger partial charge is 0.337 e. The number of aromatic carboxylic acids is 1. The zero-order valence-corrected chi connectivity index (χ0v) is 26.9. The highest BCUT2D eigenvalue weighted by Gasteiger charge is 2.52. The summed E-state index contributed by atoms with van der Waals surface area (Å²) in [6.07, 6.45) is 3.58. The van der Waals surface area contributed by atoms with Gasteiger partial charge in [0.25, 0.3) is 5.91 Å². The van der Waals surface area contributed by atoms with E-state index in [-0.39, 0.29) is 69.3 Å². The fourth-order valence-electron chi connectivity index (χ4n) is 8.18. The summed E-state index contributed by atoms with van der Waals surface area (Å²) in [5, 5.41) is 19.6. The number of carbonyl (C=O) groups excluding carboxylic acids is 1. The molecule has 4 fully saturated rings. The lowest BCUT2D eigenvalue weighted by Gasteiger charge is -2.58. The standard InChI is InChI=1S/C35H31Cl2FN4O5/c36-27-6-23(41-16-35(17-41)10-19(11-35)12-39)7-28(37)31(27)33(43)40-13-20-2-1-3-24(32(20)47-18-40)25-9-30(26(34(44)45)8-29(25)38)42-21-4-5-22(42)15-46-14-21/h1-3,6-9,19,21-22H,4-5,10-11,13-18H2,(H,44,45). The molecule has 1 saturated carbocycles. The number of hydrogen-bond donors (Lipinski definition) is 1. The van der Waals surface area contributed by atoms with Crippen LogP contribution in [0.1, 0.15) is 52.0 Å². The van der Waals surface area contributed by atoms with Gasteiger partial charge in [0.05, 0.1) is 64.8 Å². The number of amides is 1. The van der Waals surface area contributed by atoms with Gasteiger partial charge in [-0.2, -0.15) is 5.26 Å². The summed E-state index contributed by atoms with van der Waals surface area (Å²) in [5.74, 6) is -1.68. The number of rotatable bonds is 5. The summed E-state index contributed by atoms with van der Waals surface area (Å²) in [5.41, 5.74) is 2.97. The normalized spacial score (nSPS) is 22.6. The van der Waals surface area contributed by atoms with Crippen LogP contribution < -0.4 is 14.5 Å². The molecule has 3 aromatic rings. The third kappa shape index (κ3) is 4.98. The second-order valence-electron chi connectivity index (χ2n) is 13.4. The Bertz CT molecular complexity index is 1830. The van der Waals surface area contributed by atoms with E-state index in [0.29, 0.717) is 35.8 Å². The second kappa shape index (κ2) is 11.3. The van der Waals surface area contributed by atoms with Crippen molar-refractivity contribution in [3.63, 3.8) is 0 Å². The minimum Gasteiger partial charge on any atom is -0.478 e. The number of halogens is 3. The molecule has 3 saturated heterocycles. The number of para-hydroxylation sites is 1. The molecule has 4 heterocycles. The topological polar surface area (TPSA) is 106 Å². The molecule has 0 radical (unpaired) electrons. The first-order valence-corrected chi connectivity index (χ1v) is 16.5. The van der Waals surface area contributed by atoms with E-state index in [9.17, 15) is 14.7 Å². The number of hydrogen-bond acceptors (Lipinski definition) is 7. The predicted molar refractivity (Wildman–Crippen MR) is 174 cm³/mol. The summed E-state index contributed by atoms with van der Waals surface area (Å²) in [7, 11) is 0. The van der Waals surface area contributed by atoms with Gasteiger partial charge in [0.2, 0.25) is 0 Å². The number of carboxylic acid groups (broad SMARTS) is 1. The SMILES string of the molecule is N#CC1CC2(C1)CN(c1cc(Cl)c(C(=O)N3COc4c(cccc4-c4cc(N5C6CCC5COC6)c(C(=O)O)cc4F)C3)c(Cl)c1)C2. The van der Waals surface area contributed by atoms with Gasteiger partial charge in [0, 0.05) is 46.8 Å². The largest absolute Gasteiger partial charge is 0.478 e. The highest BCUT2D eigenvalue weighted by molar-refractivity contribution is 6.40. The van der Waals surface area contributed by atoms with Crippen LogP contribution in [0.15, 0.2) is 42.5 Å². The van der Waals surface area contributed by atoms with Gasteiger partial charge >= 0.3 is 5.97 Å². The Morgan fingerprint density at radius 1 is 1.02 bits per heavy atom. The fraction of sp³-hybridized carbons (Fsp3) is 0.400. The lowest BCUT2D eigenvalue weighted by atomic mass is 9.58. The minimum absolute atomic E-state index is 0.0286. The zero-order valence-electron chi connectivity index (χ0n) is 25.3. The van der Waals surface area contributed by atoms with Crippen molar-refractivity contribution >= 4 is 46.5 Å². The number of carbonyl (C=O) groups is 2. The maximum atomic E-state index is 15.7. The van der Waals surface area contributed by atoms with Crippen LogP contribution in [-0.2, 0) is 11.3 Å². The number of nitriles is 1. The Labute approximate surface area is 281 Å². The molecule has 47 heavy (non-hydrogen) atoms. The molecule has 3 aromatic carbocycles. The average molecular weight is 678 g/mol. The highest BCUT2D eigenvalue weighted by Crippen LogP contribution is 2.53. The van der Waals surface area contributed by atoms with Gasteiger partial charge in [0.15, 0.2) is 6.73 Å². The van der Waals surface area contributed by atoms with E-state index >= 15 is 4.39 Å². The Morgan fingerprint density at radius 2 is 1.72 bits per heavy atom. The lowest BCUT2D eigenvalue weighted by Crippen LogP contribution is -2.62. The van der Waals surface area contributed by atoms with Gasteiger partial charge in [0.1, 0.15) is 11.6 Å². The van der Waals surface area contributed by atoms with Crippen molar-refractivity contribution in [3.8, 4) is 22.9 Å². The molecule has 2 atom stereocenters. The molecular weight excluding hydrogens is 646 g/mol. The maximum Gasteiger partial charge on any atom is 0.337 e. The summed E-state index contributed by atoms with van der Waals surface area (Å²) >= 11 is 13.3. The monoisotopic (exact) mass is 676 g/mol. The molecule has 0 aromatic heterocycles. The molecule has 2 unspecified atom stereocenters. The van der Waals surface area contributed by atoms with E-state index in [1.165, 1.54) is 4.90 Å². The summed E-state index contributed by atoms with van der Waals surface area (Å²) in [4.78, 5) is 31.7. The van der Waals surface area contributed by atoms with Crippen LogP contribution >= 0.6 is 23.2 Å². The minimum atomic E-state index is -1.19. The van der Waals surface area contributed by atoms with Crippen LogP contribution in [-0.4, -0.2) is 67.0 Å². The first-order valence-electron chi connectivity index (χ1n) is 15.8. The molecule has 9 nitrogen and oxygen atoms in total. The van der Waals surface area contributed by atoms with Crippen molar-refractivity contribution in [2.24, 2.45) is 11.3 Å². The van der Waals surface area contributed by atoms with E-state index in [1.807, 2.05) is 6.07 Å². The first-order chi connectivity index (χ1) is 22.6. The van der Waals surface area contributed by atoms with Crippen molar-refractivity contribution in [1.82, 2.24) is 4.90 Å². The van der Waals surface area contributed by atoms with E-state index in [4.69, 9.17) is 37.9 Å². The van der Waals surface area contributed by atoms with Crippen LogP contribution in [0.25, 0.3) is 11.1 Å². The maximum absolute atomic E-state index is 15.7. The molecule has 4 aliphatic heterocycles. The van der Waals surface area contributed by atoms with Crippen molar-refractivity contribution in [2.45, 2.75) is 44.3 Å². The summed E-state index contributed by atoms with van der Waals surface area (Å²) in [6.45, 7) is 2.73. The van der Waals surface area contributed by atoms with Crippen LogP contribution in [0.3, 0.4) is 0 Å². The second-order valence-corrected chi connectivity index (χ2v) is 14.2. The van der Waals surface area contributed by atoms with E-state index in [0.717, 1.165) is 50.5 Å². The van der Waals surface area contributed by atoms with E-state index < -0.39 is 11.8 Å². The molecule has 1 amide bonds. The molecular formula is C35H31Cl2FN4O5. The molecule has 1 aliphatic carbocycles.